The molecule has 6 nitrogen and oxygen atoms in total. The Bertz CT molecular complexity index is 258. The van der Waals surface area contributed by atoms with Gasteiger partial charge in [0.1, 0.15) is 12.1 Å². The Labute approximate surface area is 128 Å². The number of nitrogens with one attached hydrogen (secondary N) is 1. The SMILES string of the molecule is CCCCOCCOCCOCCOC(=O)C(C)(C)NC. The highest BCUT2D eigenvalue weighted by molar-refractivity contribution is 5.79. The molecule has 0 amide bonds. The third kappa shape index (κ3) is 11.6. The zero-order chi connectivity index (χ0) is 16.0. The number of unbranched alkanes of at least 4 members (excludes halogenated alkanes) is 1. The summed E-state index contributed by atoms with van der Waals surface area (Å²) in [6.45, 7) is 9.31. The van der Waals surface area contributed by atoms with Crippen molar-refractivity contribution in [3.05, 3.63) is 0 Å². The van der Waals surface area contributed by atoms with E-state index >= 15 is 0 Å². The van der Waals surface area contributed by atoms with Gasteiger partial charge in [0.25, 0.3) is 0 Å². The summed E-state index contributed by atoms with van der Waals surface area (Å²) in [6, 6.07) is 0. The molecule has 0 aliphatic heterocycles. The summed E-state index contributed by atoms with van der Waals surface area (Å²) in [4.78, 5) is 11.6. The highest BCUT2D eigenvalue weighted by Crippen LogP contribution is 2.03. The molecule has 0 saturated heterocycles. The third-order valence-corrected chi connectivity index (χ3v) is 2.98. The Morgan fingerprint density at radius 1 is 0.905 bits per heavy atom. The maximum absolute atomic E-state index is 11.6. The summed E-state index contributed by atoms with van der Waals surface area (Å²) in [5, 5.41) is 2.89. The number of rotatable bonds is 14. The molecule has 21 heavy (non-hydrogen) atoms. The van der Waals surface area contributed by atoms with Crippen molar-refractivity contribution in [1.29, 1.82) is 0 Å². The molecule has 0 aromatic heterocycles. The molecule has 0 heterocycles. The lowest BCUT2D eigenvalue weighted by atomic mass is 10.1. The van der Waals surface area contributed by atoms with Crippen molar-refractivity contribution in [3.8, 4) is 0 Å². The Balaban J connectivity index is 3.25. The number of carbonyl (C=O) groups excluding carboxylic acids is 1. The molecule has 0 rings (SSSR count). The first-order valence-corrected chi connectivity index (χ1v) is 7.64. The lowest BCUT2D eigenvalue weighted by Gasteiger charge is -2.21. The van der Waals surface area contributed by atoms with Gasteiger partial charge in [-0.05, 0) is 27.3 Å². The van der Waals surface area contributed by atoms with E-state index in [0.29, 0.717) is 33.0 Å². The first-order valence-electron chi connectivity index (χ1n) is 7.64. The number of esters is 1. The van der Waals surface area contributed by atoms with Crippen molar-refractivity contribution >= 4 is 5.97 Å². The van der Waals surface area contributed by atoms with Crippen LogP contribution in [0.2, 0.25) is 0 Å². The number of hydrogen-bond acceptors (Lipinski definition) is 6. The quantitative estimate of drug-likeness (QED) is 0.386. The van der Waals surface area contributed by atoms with E-state index in [0.717, 1.165) is 19.4 Å². The van der Waals surface area contributed by atoms with Crippen molar-refractivity contribution in [2.75, 3.05) is 53.3 Å². The Hall–Kier alpha value is -0.690. The Kier molecular flexibility index (Phi) is 12.6. The smallest absolute Gasteiger partial charge is 0.325 e. The number of carbonyl (C=O) groups is 1. The molecule has 0 atom stereocenters. The Morgan fingerprint density at radius 2 is 1.38 bits per heavy atom. The second-order valence-corrected chi connectivity index (χ2v) is 5.20. The molecule has 0 saturated carbocycles. The van der Waals surface area contributed by atoms with E-state index in [1.54, 1.807) is 20.9 Å². The maximum atomic E-state index is 11.6. The molecule has 0 aliphatic carbocycles. The minimum atomic E-state index is -0.666. The van der Waals surface area contributed by atoms with Gasteiger partial charge < -0.3 is 24.3 Å². The van der Waals surface area contributed by atoms with Crippen LogP contribution in [0.5, 0.6) is 0 Å². The van der Waals surface area contributed by atoms with E-state index < -0.39 is 5.54 Å². The predicted molar refractivity (Wildman–Crippen MR) is 81.5 cm³/mol. The van der Waals surface area contributed by atoms with Crippen LogP contribution in [0.1, 0.15) is 33.6 Å². The van der Waals surface area contributed by atoms with Crippen LogP contribution in [0.15, 0.2) is 0 Å². The number of ether oxygens (including phenoxy) is 4. The highest BCUT2D eigenvalue weighted by Gasteiger charge is 2.26. The average molecular weight is 305 g/mol. The first-order chi connectivity index (χ1) is 10.0. The highest BCUT2D eigenvalue weighted by atomic mass is 16.6. The summed E-state index contributed by atoms with van der Waals surface area (Å²) in [6.07, 6.45) is 2.23. The molecule has 126 valence electrons. The summed E-state index contributed by atoms with van der Waals surface area (Å²) in [5.74, 6) is -0.283. The van der Waals surface area contributed by atoms with Gasteiger partial charge in [0.05, 0.1) is 33.0 Å². The van der Waals surface area contributed by atoms with Gasteiger partial charge in [0.15, 0.2) is 0 Å². The van der Waals surface area contributed by atoms with Gasteiger partial charge in [-0.2, -0.15) is 0 Å². The molecule has 0 unspecified atom stereocenters. The summed E-state index contributed by atoms with van der Waals surface area (Å²) in [7, 11) is 1.72. The fraction of sp³-hybridized carbons (Fsp3) is 0.933. The van der Waals surface area contributed by atoms with E-state index in [1.165, 1.54) is 0 Å². The number of likely N-dealkylation sites (N-methyl/N-ethyl adjacent to an activating group) is 1. The lowest BCUT2D eigenvalue weighted by Crippen LogP contribution is -2.45. The van der Waals surface area contributed by atoms with Crippen LogP contribution in [0.25, 0.3) is 0 Å². The van der Waals surface area contributed by atoms with Crippen LogP contribution in [0.3, 0.4) is 0 Å². The fourth-order valence-corrected chi connectivity index (χ4v) is 1.26. The minimum absolute atomic E-state index is 0.254. The van der Waals surface area contributed by atoms with Crippen LogP contribution in [0.4, 0.5) is 0 Å². The fourth-order valence-electron chi connectivity index (χ4n) is 1.26. The molecule has 1 N–H and O–H groups in total. The van der Waals surface area contributed by atoms with Gasteiger partial charge >= 0.3 is 5.97 Å². The molecule has 0 spiro atoms. The molecule has 0 fully saturated rings. The van der Waals surface area contributed by atoms with E-state index in [9.17, 15) is 4.79 Å². The van der Waals surface area contributed by atoms with Crippen molar-refractivity contribution in [1.82, 2.24) is 5.32 Å². The molecule has 6 heteroatoms. The zero-order valence-corrected chi connectivity index (χ0v) is 13.9. The number of hydrogen-bond donors (Lipinski definition) is 1. The molecular weight excluding hydrogens is 274 g/mol. The van der Waals surface area contributed by atoms with Crippen molar-refractivity contribution in [3.63, 3.8) is 0 Å². The third-order valence-electron chi connectivity index (χ3n) is 2.98. The molecule has 0 aliphatic rings. The van der Waals surface area contributed by atoms with E-state index in [4.69, 9.17) is 18.9 Å². The predicted octanol–water partition coefficient (Wildman–Crippen LogP) is 1.38. The Morgan fingerprint density at radius 3 is 1.86 bits per heavy atom. The van der Waals surface area contributed by atoms with E-state index in [-0.39, 0.29) is 12.6 Å². The van der Waals surface area contributed by atoms with Crippen LogP contribution in [-0.2, 0) is 23.7 Å². The first kappa shape index (κ1) is 20.3. The average Bonchev–Trinajstić information content (AvgIpc) is 2.48. The monoisotopic (exact) mass is 305 g/mol. The molecule has 0 bridgehead atoms. The standard InChI is InChI=1S/C15H31NO5/c1-5-6-7-18-8-9-19-10-11-20-12-13-21-14(17)15(2,3)16-4/h16H,5-13H2,1-4H3. The normalized spacial score (nSPS) is 11.6. The molecule has 0 radical (unpaired) electrons. The molecule has 0 aromatic carbocycles. The van der Waals surface area contributed by atoms with Crippen molar-refractivity contribution < 1.29 is 23.7 Å². The van der Waals surface area contributed by atoms with Crippen LogP contribution in [0, 0.1) is 0 Å². The van der Waals surface area contributed by atoms with Gasteiger partial charge in [-0.25, -0.2) is 0 Å². The van der Waals surface area contributed by atoms with Gasteiger partial charge in [0.2, 0.25) is 0 Å². The summed E-state index contributed by atoms with van der Waals surface area (Å²) >= 11 is 0. The lowest BCUT2D eigenvalue weighted by molar-refractivity contribution is -0.151. The second kappa shape index (κ2) is 13.0. The zero-order valence-electron chi connectivity index (χ0n) is 13.9. The maximum Gasteiger partial charge on any atom is 0.325 e. The molecule has 0 aromatic rings. The topological polar surface area (TPSA) is 66.0 Å². The van der Waals surface area contributed by atoms with Crippen LogP contribution >= 0.6 is 0 Å². The second-order valence-electron chi connectivity index (χ2n) is 5.20. The van der Waals surface area contributed by atoms with Crippen LogP contribution in [-0.4, -0.2) is 64.8 Å². The van der Waals surface area contributed by atoms with E-state index in [2.05, 4.69) is 12.2 Å². The van der Waals surface area contributed by atoms with Gasteiger partial charge in [-0.15, -0.1) is 0 Å². The van der Waals surface area contributed by atoms with E-state index in [1.807, 2.05) is 0 Å². The summed E-state index contributed by atoms with van der Waals surface area (Å²) < 4.78 is 21.1. The van der Waals surface area contributed by atoms with Crippen molar-refractivity contribution in [2.24, 2.45) is 0 Å². The van der Waals surface area contributed by atoms with Gasteiger partial charge in [0, 0.05) is 6.61 Å². The minimum Gasteiger partial charge on any atom is -0.462 e. The largest absolute Gasteiger partial charge is 0.462 e. The van der Waals surface area contributed by atoms with Crippen LogP contribution < -0.4 is 5.32 Å². The van der Waals surface area contributed by atoms with Gasteiger partial charge in [-0.1, -0.05) is 13.3 Å². The van der Waals surface area contributed by atoms with Crippen molar-refractivity contribution in [2.45, 2.75) is 39.2 Å². The summed E-state index contributed by atoms with van der Waals surface area (Å²) in [5.41, 5.74) is -0.666. The van der Waals surface area contributed by atoms with Gasteiger partial charge in [-0.3, -0.25) is 4.79 Å². The molecular formula is C15H31NO5.